The van der Waals surface area contributed by atoms with Gasteiger partial charge in [-0.1, -0.05) is 6.92 Å². The van der Waals surface area contributed by atoms with Crippen LogP contribution in [0.3, 0.4) is 0 Å². The molecular formula is C23H28F3N5O2. The van der Waals surface area contributed by atoms with E-state index in [1.165, 1.54) is 6.92 Å². The second kappa shape index (κ2) is 9.18. The first-order valence-electron chi connectivity index (χ1n) is 11.1. The molecule has 1 amide bonds. The van der Waals surface area contributed by atoms with Gasteiger partial charge in [0.1, 0.15) is 0 Å². The molecule has 1 fully saturated rings. The number of aromatic amines is 1. The summed E-state index contributed by atoms with van der Waals surface area (Å²) in [6.45, 7) is 0.797. The molecule has 2 heterocycles. The molecule has 1 saturated carbocycles. The molecule has 0 radical (unpaired) electrons. The summed E-state index contributed by atoms with van der Waals surface area (Å²) in [5, 5.41) is 16.7. The normalized spacial score (nSPS) is 21.1. The first-order chi connectivity index (χ1) is 15.7. The lowest BCUT2D eigenvalue weighted by Gasteiger charge is -2.34. The van der Waals surface area contributed by atoms with Crippen LogP contribution in [-0.2, 0) is 0 Å². The monoisotopic (exact) mass is 463 g/mol. The van der Waals surface area contributed by atoms with Crippen molar-refractivity contribution in [3.63, 3.8) is 0 Å². The Balaban J connectivity index is 1.37. The van der Waals surface area contributed by atoms with E-state index >= 15 is 0 Å². The maximum absolute atomic E-state index is 13.1. The van der Waals surface area contributed by atoms with E-state index in [4.69, 9.17) is 0 Å². The van der Waals surface area contributed by atoms with Crippen LogP contribution in [-0.4, -0.2) is 56.0 Å². The van der Waals surface area contributed by atoms with E-state index in [1.807, 2.05) is 29.0 Å². The van der Waals surface area contributed by atoms with E-state index in [-0.39, 0.29) is 18.0 Å². The first kappa shape index (κ1) is 23.3. The van der Waals surface area contributed by atoms with Crippen LogP contribution in [0.2, 0.25) is 0 Å². The van der Waals surface area contributed by atoms with Gasteiger partial charge in [0, 0.05) is 48.3 Å². The molecule has 7 nitrogen and oxygen atoms in total. The Kier molecular flexibility index (Phi) is 6.49. The first-order valence-corrected chi connectivity index (χ1v) is 11.1. The zero-order chi connectivity index (χ0) is 23.6. The molecule has 1 atom stereocenters. The fourth-order valence-electron chi connectivity index (χ4n) is 4.34. The lowest BCUT2D eigenvalue weighted by Crippen LogP contribution is -2.54. The summed E-state index contributed by atoms with van der Waals surface area (Å²) in [4.78, 5) is 20.3. The molecule has 3 aromatic rings. The lowest BCUT2D eigenvalue weighted by atomic mass is 9.90. The third-order valence-corrected chi connectivity index (χ3v) is 6.55. The number of benzene rings is 1. The molecule has 0 spiro atoms. The number of hydrogen-bond acceptors (Lipinski definition) is 4. The number of nitrogens with one attached hydrogen (secondary N) is 3. The van der Waals surface area contributed by atoms with Crippen molar-refractivity contribution in [1.29, 1.82) is 0 Å². The number of fused-ring (bicyclic) bond motifs is 1. The van der Waals surface area contributed by atoms with Crippen molar-refractivity contribution in [3.05, 3.63) is 48.7 Å². The summed E-state index contributed by atoms with van der Waals surface area (Å²) < 4.78 is 41.1. The second-order valence-corrected chi connectivity index (χ2v) is 8.69. The highest BCUT2D eigenvalue weighted by Gasteiger charge is 2.52. The molecule has 178 valence electrons. The van der Waals surface area contributed by atoms with E-state index < -0.39 is 24.7 Å². The molecule has 2 aromatic heterocycles. The van der Waals surface area contributed by atoms with Gasteiger partial charge in [0.15, 0.2) is 5.60 Å². The van der Waals surface area contributed by atoms with Gasteiger partial charge in [0.2, 0.25) is 0 Å². The Labute approximate surface area is 189 Å². The molecule has 0 saturated heterocycles. The summed E-state index contributed by atoms with van der Waals surface area (Å²) in [6.07, 6.45) is 4.40. The van der Waals surface area contributed by atoms with Crippen LogP contribution in [0.1, 0.15) is 49.4 Å². The van der Waals surface area contributed by atoms with Crippen LogP contribution in [0.5, 0.6) is 0 Å². The number of H-pyrrole nitrogens is 1. The van der Waals surface area contributed by atoms with Gasteiger partial charge in [-0.3, -0.25) is 4.79 Å². The maximum atomic E-state index is 13.1. The standard InChI is InChI=1S/C23H28F3N5O2/c1-2-22(33,23(24,25)26)13-29-16-3-5-17(6-4-16)30-21(32)19-12-18(31-10-9-27-14-31)11-15-7-8-28-20(15)19/h7-12,14,16-17,28-29,33H,2-6,13H2,1H3,(H,30,32). The van der Waals surface area contributed by atoms with Crippen LogP contribution >= 0.6 is 0 Å². The summed E-state index contributed by atoms with van der Waals surface area (Å²) >= 11 is 0. The van der Waals surface area contributed by atoms with E-state index in [0.29, 0.717) is 31.2 Å². The van der Waals surface area contributed by atoms with Crippen LogP contribution in [0.15, 0.2) is 43.1 Å². The van der Waals surface area contributed by atoms with Crippen LogP contribution in [0.4, 0.5) is 13.2 Å². The fourth-order valence-corrected chi connectivity index (χ4v) is 4.34. The highest BCUT2D eigenvalue weighted by atomic mass is 19.4. The summed E-state index contributed by atoms with van der Waals surface area (Å²) in [7, 11) is 0. The Hall–Kier alpha value is -2.85. The molecule has 1 aliphatic rings. The van der Waals surface area contributed by atoms with Crippen molar-refractivity contribution in [1.82, 2.24) is 25.2 Å². The number of aromatic nitrogens is 3. The largest absolute Gasteiger partial charge is 0.418 e. The van der Waals surface area contributed by atoms with Crippen molar-refractivity contribution >= 4 is 16.8 Å². The van der Waals surface area contributed by atoms with E-state index in [1.54, 1.807) is 18.7 Å². The number of nitrogens with zero attached hydrogens (tertiary/aromatic N) is 2. The average molecular weight is 464 g/mol. The molecule has 0 bridgehead atoms. The van der Waals surface area contributed by atoms with Crippen molar-refractivity contribution in [2.45, 2.75) is 62.9 Å². The Morgan fingerprint density at radius 3 is 2.61 bits per heavy atom. The highest BCUT2D eigenvalue weighted by Crippen LogP contribution is 2.33. The van der Waals surface area contributed by atoms with Crippen LogP contribution in [0, 0.1) is 0 Å². The number of carbonyl (C=O) groups is 1. The number of carbonyl (C=O) groups excluding carboxylic acids is 1. The number of rotatable bonds is 7. The molecule has 1 aromatic carbocycles. The zero-order valence-electron chi connectivity index (χ0n) is 18.3. The van der Waals surface area contributed by atoms with E-state index in [9.17, 15) is 23.1 Å². The number of alkyl halides is 3. The van der Waals surface area contributed by atoms with Gasteiger partial charge < -0.3 is 25.3 Å². The minimum absolute atomic E-state index is 0.0647. The number of halogens is 3. The van der Waals surface area contributed by atoms with E-state index in [2.05, 4.69) is 20.6 Å². The minimum Gasteiger partial charge on any atom is -0.379 e. The van der Waals surface area contributed by atoms with E-state index in [0.717, 1.165) is 16.6 Å². The zero-order valence-corrected chi connectivity index (χ0v) is 18.3. The highest BCUT2D eigenvalue weighted by molar-refractivity contribution is 6.06. The minimum atomic E-state index is -4.67. The third-order valence-electron chi connectivity index (χ3n) is 6.55. The Bertz CT molecular complexity index is 1090. The lowest BCUT2D eigenvalue weighted by molar-refractivity contribution is -0.259. The molecule has 4 rings (SSSR count). The quantitative estimate of drug-likeness (QED) is 0.430. The number of amides is 1. The van der Waals surface area contributed by atoms with Gasteiger partial charge >= 0.3 is 6.18 Å². The molecule has 4 N–H and O–H groups in total. The summed E-state index contributed by atoms with van der Waals surface area (Å²) in [5.74, 6) is -0.196. The second-order valence-electron chi connectivity index (χ2n) is 8.69. The van der Waals surface area contributed by atoms with Crippen molar-refractivity contribution in [2.75, 3.05) is 6.54 Å². The smallest absolute Gasteiger partial charge is 0.379 e. The SMILES string of the molecule is CCC(O)(CNC1CCC(NC(=O)c2cc(-n3ccnc3)cc3cc[nH]c23)CC1)C(F)(F)F. The molecule has 1 unspecified atom stereocenters. The predicted octanol–water partition coefficient (Wildman–Crippen LogP) is 3.69. The molecule has 0 aliphatic heterocycles. The van der Waals surface area contributed by atoms with Crippen molar-refractivity contribution < 1.29 is 23.1 Å². The molecule has 1 aliphatic carbocycles. The number of hydrogen-bond donors (Lipinski definition) is 4. The van der Waals surface area contributed by atoms with Gasteiger partial charge in [-0.05, 0) is 50.3 Å². The van der Waals surface area contributed by atoms with Crippen molar-refractivity contribution in [3.8, 4) is 5.69 Å². The van der Waals surface area contributed by atoms with Crippen molar-refractivity contribution in [2.24, 2.45) is 0 Å². The third kappa shape index (κ3) is 4.91. The van der Waals surface area contributed by atoms with Gasteiger partial charge in [-0.25, -0.2) is 4.98 Å². The van der Waals surface area contributed by atoms with Gasteiger partial charge in [-0.2, -0.15) is 13.2 Å². The Morgan fingerprint density at radius 2 is 1.97 bits per heavy atom. The van der Waals surface area contributed by atoms with Gasteiger partial charge in [0.25, 0.3) is 5.91 Å². The predicted molar refractivity (Wildman–Crippen MR) is 118 cm³/mol. The number of aliphatic hydroxyl groups is 1. The maximum Gasteiger partial charge on any atom is 0.418 e. The topological polar surface area (TPSA) is 95.0 Å². The van der Waals surface area contributed by atoms with Gasteiger partial charge in [0.05, 0.1) is 17.4 Å². The average Bonchev–Trinajstić information content (AvgIpc) is 3.48. The summed E-state index contributed by atoms with van der Waals surface area (Å²) in [6, 6.07) is 5.50. The molecular weight excluding hydrogens is 435 g/mol. The summed E-state index contributed by atoms with van der Waals surface area (Å²) in [5.41, 5.74) is -0.622. The molecule has 10 heteroatoms. The number of imidazole rings is 1. The Morgan fingerprint density at radius 1 is 1.24 bits per heavy atom. The van der Waals surface area contributed by atoms with Crippen LogP contribution < -0.4 is 10.6 Å². The van der Waals surface area contributed by atoms with Crippen LogP contribution in [0.25, 0.3) is 16.6 Å². The van der Waals surface area contributed by atoms with Gasteiger partial charge in [-0.15, -0.1) is 0 Å². The molecule has 33 heavy (non-hydrogen) atoms. The fraction of sp³-hybridized carbons (Fsp3) is 0.478.